The van der Waals surface area contributed by atoms with Crippen molar-refractivity contribution in [1.29, 1.82) is 0 Å². The molecule has 1 saturated heterocycles. The minimum Gasteiger partial charge on any atom is -0.481 e. The summed E-state index contributed by atoms with van der Waals surface area (Å²) in [6.45, 7) is 0.676. The monoisotopic (exact) mass is 267 g/mol. The van der Waals surface area contributed by atoms with Crippen LogP contribution in [-0.4, -0.2) is 41.1 Å². The molecule has 104 valence electrons. The summed E-state index contributed by atoms with van der Waals surface area (Å²) >= 11 is 0. The van der Waals surface area contributed by atoms with Crippen molar-refractivity contribution < 1.29 is 27.9 Å². The van der Waals surface area contributed by atoms with Gasteiger partial charge in [-0.25, -0.2) is 0 Å². The minimum atomic E-state index is -4.33. The minimum absolute atomic E-state index is 0.0386. The number of likely N-dealkylation sites (tertiary alicyclic amines) is 1. The number of carboxylic acids is 1. The Morgan fingerprint density at radius 1 is 1.33 bits per heavy atom. The number of halogens is 3. The van der Waals surface area contributed by atoms with Crippen molar-refractivity contribution in [2.45, 2.75) is 38.3 Å². The summed E-state index contributed by atoms with van der Waals surface area (Å²) in [6, 6.07) is 0. The summed E-state index contributed by atoms with van der Waals surface area (Å²) in [4.78, 5) is 23.5. The van der Waals surface area contributed by atoms with Gasteiger partial charge in [0, 0.05) is 25.9 Å². The lowest BCUT2D eigenvalue weighted by Gasteiger charge is -2.32. The average Bonchev–Trinajstić information content (AvgIpc) is 2.24. The number of alkyl halides is 3. The quantitative estimate of drug-likeness (QED) is 0.848. The second-order valence-electron chi connectivity index (χ2n) is 4.56. The highest BCUT2D eigenvalue weighted by Gasteiger charge is 2.31. The Bertz CT molecular complexity index is 317. The molecule has 1 atom stereocenters. The van der Waals surface area contributed by atoms with Crippen LogP contribution >= 0.6 is 0 Å². The molecule has 0 radical (unpaired) electrons. The summed E-state index contributed by atoms with van der Waals surface area (Å²) < 4.78 is 36.0. The molecule has 0 spiro atoms. The third kappa shape index (κ3) is 5.37. The van der Waals surface area contributed by atoms with E-state index in [0.717, 1.165) is 0 Å². The molecule has 0 aromatic rings. The van der Waals surface area contributed by atoms with E-state index in [9.17, 15) is 22.8 Å². The third-order valence-electron chi connectivity index (χ3n) is 2.96. The third-order valence-corrected chi connectivity index (χ3v) is 2.96. The standard InChI is InChI=1S/C11H16F3NO3/c12-11(13,14)4-3-9(16)15-5-1-2-8(7-15)6-10(17)18/h8H,1-7H2,(H,17,18). The maximum absolute atomic E-state index is 12.0. The summed E-state index contributed by atoms with van der Waals surface area (Å²) in [6.07, 6.45) is -4.69. The lowest BCUT2D eigenvalue weighted by atomic mass is 9.94. The van der Waals surface area contributed by atoms with Crippen molar-refractivity contribution in [3.8, 4) is 0 Å². The van der Waals surface area contributed by atoms with Gasteiger partial charge in [0.15, 0.2) is 0 Å². The van der Waals surface area contributed by atoms with Gasteiger partial charge in [-0.2, -0.15) is 13.2 Å². The summed E-state index contributed by atoms with van der Waals surface area (Å²) in [5.41, 5.74) is 0. The molecule has 1 aliphatic rings. The number of nitrogens with zero attached hydrogens (tertiary/aromatic N) is 1. The van der Waals surface area contributed by atoms with Crippen LogP contribution in [0.4, 0.5) is 13.2 Å². The number of amides is 1. The molecule has 0 saturated carbocycles. The van der Waals surface area contributed by atoms with Crippen LogP contribution in [0.3, 0.4) is 0 Å². The van der Waals surface area contributed by atoms with Gasteiger partial charge in [-0.1, -0.05) is 0 Å². The van der Waals surface area contributed by atoms with E-state index in [1.54, 1.807) is 0 Å². The smallest absolute Gasteiger partial charge is 0.389 e. The molecule has 1 unspecified atom stereocenters. The summed E-state index contributed by atoms with van der Waals surface area (Å²) in [7, 11) is 0. The van der Waals surface area contributed by atoms with Crippen LogP contribution in [0, 0.1) is 5.92 Å². The second kappa shape index (κ2) is 6.06. The van der Waals surface area contributed by atoms with Gasteiger partial charge in [-0.05, 0) is 18.8 Å². The molecular formula is C11H16F3NO3. The largest absolute Gasteiger partial charge is 0.481 e. The van der Waals surface area contributed by atoms with E-state index >= 15 is 0 Å². The van der Waals surface area contributed by atoms with Gasteiger partial charge < -0.3 is 10.0 Å². The van der Waals surface area contributed by atoms with E-state index < -0.39 is 30.9 Å². The Kier molecular flexibility index (Phi) is 4.98. The molecule has 0 bridgehead atoms. The van der Waals surface area contributed by atoms with E-state index in [-0.39, 0.29) is 18.9 Å². The molecular weight excluding hydrogens is 251 g/mol. The molecule has 1 aliphatic heterocycles. The van der Waals surface area contributed by atoms with Crippen LogP contribution in [0.25, 0.3) is 0 Å². The maximum atomic E-state index is 12.0. The molecule has 1 amide bonds. The first-order chi connectivity index (χ1) is 8.28. The van der Waals surface area contributed by atoms with Crippen molar-refractivity contribution in [1.82, 2.24) is 4.90 Å². The van der Waals surface area contributed by atoms with Crippen LogP contribution in [-0.2, 0) is 9.59 Å². The predicted octanol–water partition coefficient (Wildman–Crippen LogP) is 2.04. The highest BCUT2D eigenvalue weighted by Crippen LogP contribution is 2.24. The zero-order valence-electron chi connectivity index (χ0n) is 9.87. The molecule has 4 nitrogen and oxygen atoms in total. The number of aliphatic carboxylic acids is 1. The van der Waals surface area contributed by atoms with Gasteiger partial charge in [0.2, 0.25) is 5.91 Å². The number of carboxylic acid groups (broad SMARTS) is 1. The van der Waals surface area contributed by atoms with Gasteiger partial charge in [0.25, 0.3) is 0 Å². The van der Waals surface area contributed by atoms with Crippen molar-refractivity contribution >= 4 is 11.9 Å². The molecule has 0 aromatic heterocycles. The predicted molar refractivity (Wildman–Crippen MR) is 56.8 cm³/mol. The first-order valence-electron chi connectivity index (χ1n) is 5.84. The van der Waals surface area contributed by atoms with Gasteiger partial charge >= 0.3 is 12.1 Å². The fraction of sp³-hybridized carbons (Fsp3) is 0.818. The van der Waals surface area contributed by atoms with Gasteiger partial charge in [-0.15, -0.1) is 0 Å². The topological polar surface area (TPSA) is 57.6 Å². The first kappa shape index (κ1) is 14.8. The number of carbonyl (C=O) groups excluding carboxylic acids is 1. The second-order valence-corrected chi connectivity index (χ2v) is 4.56. The molecule has 1 heterocycles. The number of hydrogen-bond donors (Lipinski definition) is 1. The maximum Gasteiger partial charge on any atom is 0.389 e. The van der Waals surface area contributed by atoms with Crippen molar-refractivity contribution in [3.63, 3.8) is 0 Å². The van der Waals surface area contributed by atoms with E-state index in [4.69, 9.17) is 5.11 Å². The van der Waals surface area contributed by atoms with Crippen LogP contribution < -0.4 is 0 Å². The van der Waals surface area contributed by atoms with Crippen LogP contribution in [0.15, 0.2) is 0 Å². The van der Waals surface area contributed by atoms with E-state index in [1.807, 2.05) is 0 Å². The molecule has 18 heavy (non-hydrogen) atoms. The highest BCUT2D eigenvalue weighted by molar-refractivity contribution is 5.76. The molecule has 0 aliphatic carbocycles. The average molecular weight is 267 g/mol. The zero-order chi connectivity index (χ0) is 13.8. The fourth-order valence-corrected chi connectivity index (χ4v) is 2.11. The summed E-state index contributed by atoms with van der Waals surface area (Å²) in [5, 5.41) is 8.65. The first-order valence-corrected chi connectivity index (χ1v) is 5.84. The fourth-order valence-electron chi connectivity index (χ4n) is 2.11. The lowest BCUT2D eigenvalue weighted by molar-refractivity contribution is -0.150. The van der Waals surface area contributed by atoms with Crippen molar-refractivity contribution in [2.24, 2.45) is 5.92 Å². The van der Waals surface area contributed by atoms with Gasteiger partial charge in [0.1, 0.15) is 0 Å². The Morgan fingerprint density at radius 3 is 2.56 bits per heavy atom. The molecule has 1 N–H and O–H groups in total. The molecule has 7 heteroatoms. The van der Waals surface area contributed by atoms with Gasteiger partial charge in [0.05, 0.1) is 6.42 Å². The van der Waals surface area contributed by atoms with E-state index in [2.05, 4.69) is 0 Å². The van der Waals surface area contributed by atoms with Crippen molar-refractivity contribution in [3.05, 3.63) is 0 Å². The molecule has 0 aromatic carbocycles. The Morgan fingerprint density at radius 2 is 2.00 bits per heavy atom. The van der Waals surface area contributed by atoms with E-state index in [0.29, 0.717) is 19.4 Å². The molecule has 1 rings (SSSR count). The van der Waals surface area contributed by atoms with Crippen LogP contribution in [0.5, 0.6) is 0 Å². The van der Waals surface area contributed by atoms with E-state index in [1.165, 1.54) is 4.90 Å². The Balaban J connectivity index is 2.41. The number of hydrogen-bond acceptors (Lipinski definition) is 2. The van der Waals surface area contributed by atoms with Crippen LogP contribution in [0.2, 0.25) is 0 Å². The Hall–Kier alpha value is -1.27. The van der Waals surface area contributed by atoms with Gasteiger partial charge in [-0.3, -0.25) is 9.59 Å². The van der Waals surface area contributed by atoms with Crippen molar-refractivity contribution in [2.75, 3.05) is 13.1 Å². The zero-order valence-corrected chi connectivity index (χ0v) is 9.87. The highest BCUT2D eigenvalue weighted by atomic mass is 19.4. The normalized spacial score (nSPS) is 20.8. The number of carbonyl (C=O) groups is 2. The lowest BCUT2D eigenvalue weighted by Crippen LogP contribution is -2.40. The Labute approximate surface area is 103 Å². The van der Waals surface area contributed by atoms with Crippen LogP contribution in [0.1, 0.15) is 32.1 Å². The number of piperidine rings is 1. The molecule has 1 fully saturated rings. The summed E-state index contributed by atoms with van der Waals surface area (Å²) in [5.74, 6) is -1.63. The number of rotatable bonds is 4. The SMILES string of the molecule is O=C(O)CC1CCCN(C(=O)CCC(F)(F)F)C1.